The zero-order chi connectivity index (χ0) is 42.5. The molecule has 0 saturated carbocycles. The van der Waals surface area contributed by atoms with Gasteiger partial charge in [0.1, 0.15) is 11.5 Å². The molecule has 0 bridgehead atoms. The molecule has 4 heteroatoms. The Bertz CT molecular complexity index is 3570. The van der Waals surface area contributed by atoms with Crippen molar-refractivity contribution in [2.75, 3.05) is 24.0 Å². The lowest BCUT2D eigenvalue weighted by atomic mass is 9.80. The molecule has 302 valence electrons. The second kappa shape index (κ2) is 14.1. The van der Waals surface area contributed by atoms with Gasteiger partial charge in [-0.1, -0.05) is 146 Å². The molecule has 13 aromatic carbocycles. The van der Waals surface area contributed by atoms with Gasteiger partial charge in [0.15, 0.2) is 0 Å². The highest BCUT2D eigenvalue weighted by Crippen LogP contribution is 2.57. The molecule has 0 fully saturated rings. The van der Waals surface area contributed by atoms with Crippen molar-refractivity contribution in [3.63, 3.8) is 0 Å². The van der Waals surface area contributed by atoms with Crippen LogP contribution in [0, 0.1) is 0 Å². The standard InChI is InChI=1S/C60H40N2O2/c1-63-51-35-49-41-27-15-17-29-43(41)53-46-32-34-48-56-50(36-52(64-2)60(48)62(39-23-11-5-12-24-39)40-25-13-6-14-26-40)42-28-16-18-30-44(42)54(58(46)56)45-31-33-47(55(49)57(45)53)59(51)61(37-19-7-3-8-20-37)38-21-9-4-10-22-38/h3-36H,1-2H3. The van der Waals surface area contributed by atoms with Crippen molar-refractivity contribution < 1.29 is 9.47 Å². The topological polar surface area (TPSA) is 24.9 Å². The summed E-state index contributed by atoms with van der Waals surface area (Å²) in [6.07, 6.45) is 0. The number of para-hydroxylation sites is 4. The number of benzene rings is 13. The summed E-state index contributed by atoms with van der Waals surface area (Å²) in [6.45, 7) is 0. The molecule has 4 nitrogen and oxygen atoms in total. The molecule has 0 unspecified atom stereocenters. The Morgan fingerprint density at radius 1 is 0.250 bits per heavy atom. The van der Waals surface area contributed by atoms with Crippen LogP contribution in [0.15, 0.2) is 206 Å². The van der Waals surface area contributed by atoms with E-state index in [1.165, 1.54) is 75.4 Å². The summed E-state index contributed by atoms with van der Waals surface area (Å²) in [5.74, 6) is 1.64. The number of hydrogen-bond acceptors (Lipinski definition) is 4. The SMILES string of the molecule is COc1cc2c3ccccc3c3c4ccc5c(N(c6ccccc6)c6ccccc6)c(OC)cc6c7ccccc7c(c7ccc(c1N(c1ccccc1)c1ccccc1)c2c73)c4c56. The summed E-state index contributed by atoms with van der Waals surface area (Å²) < 4.78 is 12.9. The van der Waals surface area contributed by atoms with Crippen molar-refractivity contribution in [3.05, 3.63) is 206 Å². The van der Waals surface area contributed by atoms with Gasteiger partial charge in [-0.05, 0) is 125 Å². The lowest BCUT2D eigenvalue weighted by Crippen LogP contribution is -2.12. The zero-order valence-electron chi connectivity index (χ0n) is 35.3. The predicted molar refractivity (Wildman–Crippen MR) is 271 cm³/mol. The Morgan fingerprint density at radius 2 is 0.531 bits per heavy atom. The van der Waals surface area contributed by atoms with Gasteiger partial charge in [-0.25, -0.2) is 0 Å². The Balaban J connectivity index is 1.25. The van der Waals surface area contributed by atoms with E-state index in [9.17, 15) is 0 Å². The lowest BCUT2D eigenvalue weighted by molar-refractivity contribution is 0.417. The van der Waals surface area contributed by atoms with Crippen LogP contribution < -0.4 is 19.3 Å². The highest BCUT2D eigenvalue weighted by atomic mass is 16.5. The number of rotatable bonds is 8. The fraction of sp³-hybridized carbons (Fsp3) is 0.0333. The normalized spacial score (nSPS) is 11.9. The van der Waals surface area contributed by atoms with E-state index >= 15 is 0 Å². The Kier molecular flexibility index (Phi) is 8.00. The van der Waals surface area contributed by atoms with E-state index in [1.807, 2.05) is 0 Å². The second-order valence-corrected chi connectivity index (χ2v) is 16.6. The van der Waals surface area contributed by atoms with Gasteiger partial charge >= 0.3 is 0 Å². The highest BCUT2D eigenvalue weighted by Gasteiger charge is 2.29. The van der Waals surface area contributed by atoms with E-state index in [4.69, 9.17) is 9.47 Å². The maximum atomic E-state index is 6.44. The molecule has 0 aromatic heterocycles. The molecular weight excluding hydrogens is 781 g/mol. The quantitative estimate of drug-likeness (QED) is 0.113. The van der Waals surface area contributed by atoms with Gasteiger partial charge in [0.2, 0.25) is 0 Å². The molecular formula is C60H40N2O2. The molecule has 13 rings (SSSR count). The van der Waals surface area contributed by atoms with Crippen LogP contribution in [0.4, 0.5) is 34.1 Å². The van der Waals surface area contributed by atoms with Crippen LogP contribution in [-0.4, -0.2) is 14.2 Å². The largest absolute Gasteiger partial charge is 0.495 e. The summed E-state index contributed by atoms with van der Waals surface area (Å²) in [4.78, 5) is 4.70. The van der Waals surface area contributed by atoms with Gasteiger partial charge < -0.3 is 19.3 Å². The summed E-state index contributed by atoms with van der Waals surface area (Å²) in [6, 6.07) is 74.5. The molecule has 0 heterocycles. The molecule has 64 heavy (non-hydrogen) atoms. The number of fused-ring (bicyclic) bond motifs is 8. The predicted octanol–water partition coefficient (Wildman–Crippen LogP) is 16.7. The molecule has 0 atom stereocenters. The first-order valence-corrected chi connectivity index (χ1v) is 21.8. The smallest absolute Gasteiger partial charge is 0.144 e. The molecule has 0 saturated heterocycles. The molecule has 0 amide bonds. The van der Waals surface area contributed by atoms with Gasteiger partial charge in [0, 0.05) is 44.3 Å². The summed E-state index contributed by atoms with van der Waals surface area (Å²) >= 11 is 0. The number of nitrogens with zero attached hydrogens (tertiary/aromatic N) is 2. The van der Waals surface area contributed by atoms with Crippen molar-refractivity contribution in [3.8, 4) is 11.5 Å². The first kappa shape index (κ1) is 36.3. The minimum absolute atomic E-state index is 0.818. The van der Waals surface area contributed by atoms with Crippen LogP contribution in [0.25, 0.3) is 86.2 Å². The first-order chi connectivity index (χ1) is 31.7. The Hall–Kier alpha value is -8.34. The van der Waals surface area contributed by atoms with Crippen molar-refractivity contribution >= 4 is 120 Å². The average molecular weight is 821 g/mol. The van der Waals surface area contributed by atoms with Gasteiger partial charge in [0.25, 0.3) is 0 Å². The van der Waals surface area contributed by atoms with Gasteiger partial charge in [0.05, 0.1) is 25.6 Å². The van der Waals surface area contributed by atoms with Gasteiger partial charge in [-0.2, -0.15) is 0 Å². The molecule has 0 N–H and O–H groups in total. The average Bonchev–Trinajstić information content (AvgIpc) is 3.37. The molecule has 13 aromatic rings. The third-order valence-corrected chi connectivity index (χ3v) is 13.4. The van der Waals surface area contributed by atoms with E-state index in [2.05, 4.69) is 216 Å². The van der Waals surface area contributed by atoms with Crippen LogP contribution in [0.2, 0.25) is 0 Å². The van der Waals surface area contributed by atoms with Gasteiger partial charge in [-0.15, -0.1) is 0 Å². The van der Waals surface area contributed by atoms with E-state index in [0.29, 0.717) is 0 Å². The molecule has 0 aliphatic rings. The number of methoxy groups -OCH3 is 2. The first-order valence-electron chi connectivity index (χ1n) is 21.8. The van der Waals surface area contributed by atoms with Crippen LogP contribution in [0.5, 0.6) is 11.5 Å². The van der Waals surface area contributed by atoms with Crippen LogP contribution in [-0.2, 0) is 0 Å². The van der Waals surface area contributed by atoms with E-state index in [-0.39, 0.29) is 0 Å². The highest BCUT2D eigenvalue weighted by molar-refractivity contribution is 6.49. The fourth-order valence-corrected chi connectivity index (χ4v) is 10.9. The van der Waals surface area contributed by atoms with E-state index in [1.54, 1.807) is 14.2 Å². The summed E-state index contributed by atoms with van der Waals surface area (Å²) in [5, 5.41) is 19.5. The van der Waals surface area contributed by atoms with Crippen LogP contribution in [0.3, 0.4) is 0 Å². The van der Waals surface area contributed by atoms with Crippen molar-refractivity contribution in [2.24, 2.45) is 0 Å². The molecule has 0 aliphatic carbocycles. The van der Waals surface area contributed by atoms with Crippen molar-refractivity contribution in [2.45, 2.75) is 0 Å². The third-order valence-electron chi connectivity index (χ3n) is 13.4. The van der Waals surface area contributed by atoms with Crippen LogP contribution in [0.1, 0.15) is 0 Å². The molecule has 0 aliphatic heterocycles. The Labute approximate surface area is 370 Å². The Morgan fingerprint density at radius 3 is 0.859 bits per heavy atom. The number of ether oxygens (including phenoxy) is 2. The van der Waals surface area contributed by atoms with Crippen molar-refractivity contribution in [1.29, 1.82) is 0 Å². The fourth-order valence-electron chi connectivity index (χ4n) is 10.9. The maximum absolute atomic E-state index is 6.44. The minimum atomic E-state index is 0.818. The van der Waals surface area contributed by atoms with Gasteiger partial charge in [-0.3, -0.25) is 0 Å². The summed E-state index contributed by atoms with van der Waals surface area (Å²) in [7, 11) is 3.59. The van der Waals surface area contributed by atoms with E-state index < -0.39 is 0 Å². The molecule has 0 radical (unpaired) electrons. The zero-order valence-corrected chi connectivity index (χ0v) is 35.3. The monoisotopic (exact) mass is 820 g/mol. The summed E-state index contributed by atoms with van der Waals surface area (Å²) in [5.41, 5.74) is 6.27. The second-order valence-electron chi connectivity index (χ2n) is 16.6. The minimum Gasteiger partial charge on any atom is -0.495 e. The maximum Gasteiger partial charge on any atom is 0.144 e. The third kappa shape index (κ3) is 5.05. The van der Waals surface area contributed by atoms with E-state index in [0.717, 1.165) is 56.4 Å². The van der Waals surface area contributed by atoms with Crippen molar-refractivity contribution in [1.82, 2.24) is 0 Å². The number of hydrogen-bond donors (Lipinski definition) is 0. The van der Waals surface area contributed by atoms with Crippen LogP contribution >= 0.6 is 0 Å². The number of anilines is 6. The molecule has 0 spiro atoms. The lowest BCUT2D eigenvalue weighted by Gasteiger charge is -2.31.